The summed E-state index contributed by atoms with van der Waals surface area (Å²) < 4.78 is 0. The van der Waals surface area contributed by atoms with Crippen molar-refractivity contribution in [2.75, 3.05) is 13.1 Å². The topological polar surface area (TPSA) is 49.0 Å². The van der Waals surface area contributed by atoms with Crippen LogP contribution in [0.1, 0.15) is 48.6 Å². The van der Waals surface area contributed by atoms with Gasteiger partial charge in [0.2, 0.25) is 5.91 Å². The first-order valence-corrected chi connectivity index (χ1v) is 9.04. The van der Waals surface area contributed by atoms with E-state index in [1.54, 1.807) is 0 Å². The highest BCUT2D eigenvalue weighted by Gasteiger charge is 2.25. The molecule has 1 atom stereocenters. The van der Waals surface area contributed by atoms with Crippen LogP contribution in [0.5, 0.6) is 0 Å². The van der Waals surface area contributed by atoms with Crippen LogP contribution < -0.4 is 0 Å². The molecule has 1 aliphatic rings. The largest absolute Gasteiger partial charge is 0.342 e. The molecule has 0 spiro atoms. The number of likely N-dealkylation sites (tertiary alicyclic amines) is 1. The van der Waals surface area contributed by atoms with Crippen LogP contribution in [0.3, 0.4) is 0 Å². The van der Waals surface area contributed by atoms with Crippen LogP contribution in [0.25, 0.3) is 0 Å². The number of halogens is 1. The fourth-order valence-electron chi connectivity index (χ4n) is 3.35. The van der Waals surface area contributed by atoms with Crippen molar-refractivity contribution in [1.29, 1.82) is 0 Å². The van der Waals surface area contributed by atoms with E-state index >= 15 is 0 Å². The Morgan fingerprint density at radius 3 is 2.88 bits per heavy atom. The van der Waals surface area contributed by atoms with Crippen molar-refractivity contribution in [3.63, 3.8) is 0 Å². The van der Waals surface area contributed by atoms with E-state index in [0.29, 0.717) is 12.3 Å². The van der Waals surface area contributed by atoms with Crippen LogP contribution in [0, 0.1) is 6.92 Å². The predicted octanol–water partition coefficient (Wildman–Crippen LogP) is 4.10. The van der Waals surface area contributed by atoms with Crippen LogP contribution in [0.4, 0.5) is 0 Å². The van der Waals surface area contributed by atoms with Crippen LogP contribution in [-0.4, -0.2) is 34.1 Å². The van der Waals surface area contributed by atoms with Gasteiger partial charge in [-0.05, 0) is 56.4 Å². The molecule has 1 amide bonds. The van der Waals surface area contributed by atoms with Crippen LogP contribution in [0.15, 0.2) is 30.3 Å². The summed E-state index contributed by atoms with van der Waals surface area (Å²) >= 11 is 5.90. The number of hydrogen-bond acceptors (Lipinski definition) is 2. The summed E-state index contributed by atoms with van der Waals surface area (Å²) in [6.07, 6.45) is 4.56. The zero-order chi connectivity index (χ0) is 16.9. The molecule has 0 bridgehead atoms. The first-order valence-electron chi connectivity index (χ1n) is 8.66. The second kappa shape index (κ2) is 7.84. The third kappa shape index (κ3) is 4.38. The molecule has 0 radical (unpaired) electrons. The van der Waals surface area contributed by atoms with Crippen molar-refractivity contribution >= 4 is 17.5 Å². The van der Waals surface area contributed by atoms with Gasteiger partial charge in [-0.2, -0.15) is 5.10 Å². The molecule has 0 saturated carbocycles. The number of hydrogen-bond donors (Lipinski definition) is 1. The van der Waals surface area contributed by atoms with Gasteiger partial charge in [0.15, 0.2) is 0 Å². The van der Waals surface area contributed by atoms with Gasteiger partial charge < -0.3 is 4.90 Å². The molecule has 3 rings (SSSR count). The Morgan fingerprint density at radius 1 is 1.38 bits per heavy atom. The number of carbonyl (C=O) groups is 1. The minimum Gasteiger partial charge on any atom is -0.342 e. The molecule has 4 nitrogen and oxygen atoms in total. The fourth-order valence-corrected chi connectivity index (χ4v) is 3.47. The van der Waals surface area contributed by atoms with E-state index in [1.165, 1.54) is 5.56 Å². The summed E-state index contributed by atoms with van der Waals surface area (Å²) in [6, 6.07) is 9.96. The maximum Gasteiger partial charge on any atom is 0.222 e. The van der Waals surface area contributed by atoms with Gasteiger partial charge in [-0.3, -0.25) is 9.89 Å². The van der Waals surface area contributed by atoms with Gasteiger partial charge in [-0.1, -0.05) is 23.7 Å². The number of H-pyrrole nitrogens is 1. The van der Waals surface area contributed by atoms with E-state index in [2.05, 4.69) is 16.3 Å². The van der Waals surface area contributed by atoms with Gasteiger partial charge >= 0.3 is 0 Å². The number of aryl methyl sites for hydroxylation is 2. The lowest BCUT2D eigenvalue weighted by atomic mass is 9.94. The second-order valence-corrected chi connectivity index (χ2v) is 7.07. The Bertz CT molecular complexity index is 680. The lowest BCUT2D eigenvalue weighted by Crippen LogP contribution is -2.39. The standard InChI is InChI=1S/C19H24ClN3O/c1-14-12-18(22-21-14)16-5-3-11-23(13-16)19(24)6-2-4-15-7-9-17(20)10-8-15/h7-10,12,16H,2-6,11,13H2,1H3,(H,21,22). The SMILES string of the molecule is Cc1cc(C2CCCN(C(=O)CCCc3ccc(Cl)cc3)C2)n[nH]1. The lowest BCUT2D eigenvalue weighted by Gasteiger charge is -2.32. The van der Waals surface area contributed by atoms with Gasteiger partial charge in [0.05, 0.1) is 5.69 Å². The van der Waals surface area contributed by atoms with E-state index in [0.717, 1.165) is 55.2 Å². The number of amides is 1. The zero-order valence-corrected chi connectivity index (χ0v) is 14.9. The number of aromatic nitrogens is 2. The van der Waals surface area contributed by atoms with Crippen molar-refractivity contribution in [3.05, 3.63) is 52.3 Å². The van der Waals surface area contributed by atoms with Gasteiger partial charge in [-0.15, -0.1) is 0 Å². The maximum atomic E-state index is 12.5. The summed E-state index contributed by atoms with van der Waals surface area (Å²) in [5, 5.41) is 8.12. The Hall–Kier alpha value is -1.81. The minimum absolute atomic E-state index is 0.265. The summed E-state index contributed by atoms with van der Waals surface area (Å²) in [4.78, 5) is 14.5. The van der Waals surface area contributed by atoms with Crippen molar-refractivity contribution in [1.82, 2.24) is 15.1 Å². The number of nitrogens with zero attached hydrogens (tertiary/aromatic N) is 2. The van der Waals surface area contributed by atoms with E-state index in [4.69, 9.17) is 11.6 Å². The maximum absolute atomic E-state index is 12.5. The van der Waals surface area contributed by atoms with E-state index in [9.17, 15) is 4.79 Å². The van der Waals surface area contributed by atoms with Crippen LogP contribution >= 0.6 is 11.6 Å². The normalized spacial score (nSPS) is 17.9. The molecule has 1 saturated heterocycles. The third-order valence-electron chi connectivity index (χ3n) is 4.69. The predicted molar refractivity (Wildman–Crippen MR) is 96.3 cm³/mol. The van der Waals surface area contributed by atoms with Gasteiger partial charge in [0.1, 0.15) is 0 Å². The average Bonchev–Trinajstić information content (AvgIpc) is 3.03. The molecule has 2 aromatic rings. The van der Waals surface area contributed by atoms with Crippen LogP contribution in [-0.2, 0) is 11.2 Å². The minimum atomic E-state index is 0.265. The average molecular weight is 346 g/mol. The molecule has 1 unspecified atom stereocenters. The Kier molecular flexibility index (Phi) is 5.56. The molecule has 1 aromatic carbocycles. The Labute approximate surface area is 148 Å². The summed E-state index contributed by atoms with van der Waals surface area (Å²) in [5.41, 5.74) is 3.40. The fraction of sp³-hybridized carbons (Fsp3) is 0.474. The number of aromatic amines is 1. The highest BCUT2D eigenvalue weighted by Crippen LogP contribution is 2.26. The second-order valence-electron chi connectivity index (χ2n) is 6.63. The van der Waals surface area contributed by atoms with E-state index in [1.807, 2.05) is 36.1 Å². The number of nitrogens with one attached hydrogen (secondary N) is 1. The van der Waals surface area contributed by atoms with Gasteiger partial charge in [0, 0.05) is 36.1 Å². The molecule has 2 heterocycles. The van der Waals surface area contributed by atoms with E-state index < -0.39 is 0 Å². The highest BCUT2D eigenvalue weighted by molar-refractivity contribution is 6.30. The molecule has 128 valence electrons. The molecule has 24 heavy (non-hydrogen) atoms. The molecular weight excluding hydrogens is 322 g/mol. The van der Waals surface area contributed by atoms with Crippen molar-refractivity contribution in [2.45, 2.75) is 44.9 Å². The lowest BCUT2D eigenvalue weighted by molar-refractivity contribution is -0.132. The van der Waals surface area contributed by atoms with Crippen LogP contribution in [0.2, 0.25) is 5.02 Å². The Balaban J connectivity index is 1.48. The van der Waals surface area contributed by atoms with Gasteiger partial charge in [0.25, 0.3) is 0 Å². The molecule has 1 aromatic heterocycles. The van der Waals surface area contributed by atoms with E-state index in [-0.39, 0.29) is 5.91 Å². The monoisotopic (exact) mass is 345 g/mol. The van der Waals surface area contributed by atoms with Crippen molar-refractivity contribution in [2.24, 2.45) is 0 Å². The third-order valence-corrected chi connectivity index (χ3v) is 4.94. The summed E-state index contributed by atoms with van der Waals surface area (Å²) in [5.74, 6) is 0.629. The number of rotatable bonds is 5. The highest BCUT2D eigenvalue weighted by atomic mass is 35.5. The summed E-state index contributed by atoms with van der Waals surface area (Å²) in [6.45, 7) is 3.68. The zero-order valence-electron chi connectivity index (χ0n) is 14.1. The molecule has 1 fully saturated rings. The number of carbonyl (C=O) groups excluding carboxylic acids is 1. The number of benzene rings is 1. The quantitative estimate of drug-likeness (QED) is 0.886. The van der Waals surface area contributed by atoms with Crippen molar-refractivity contribution < 1.29 is 4.79 Å². The molecular formula is C19H24ClN3O. The molecule has 5 heteroatoms. The van der Waals surface area contributed by atoms with Gasteiger partial charge in [-0.25, -0.2) is 0 Å². The first kappa shape index (κ1) is 17.0. The molecule has 1 N–H and O–H groups in total. The Morgan fingerprint density at radius 2 is 2.17 bits per heavy atom. The smallest absolute Gasteiger partial charge is 0.222 e. The summed E-state index contributed by atoms with van der Waals surface area (Å²) in [7, 11) is 0. The molecule has 1 aliphatic heterocycles. The van der Waals surface area contributed by atoms with Crippen molar-refractivity contribution in [3.8, 4) is 0 Å². The molecule has 0 aliphatic carbocycles. The first-order chi connectivity index (χ1) is 11.6. The number of piperidine rings is 1.